The second-order valence-corrected chi connectivity index (χ2v) is 4.18. The minimum Gasteiger partial charge on any atom is -0.462 e. The first-order valence-electron chi connectivity index (χ1n) is 4.20. The summed E-state index contributed by atoms with van der Waals surface area (Å²) in [6.07, 6.45) is 0. The van der Waals surface area contributed by atoms with Crippen LogP contribution in [0.15, 0.2) is 17.0 Å². The van der Waals surface area contributed by atoms with Gasteiger partial charge in [0.2, 0.25) is 0 Å². The van der Waals surface area contributed by atoms with Crippen molar-refractivity contribution in [3.63, 3.8) is 0 Å². The number of nitrogens with zero attached hydrogens (tertiary/aromatic N) is 1. The number of ether oxygens (including phenoxy) is 1. The van der Waals surface area contributed by atoms with Gasteiger partial charge in [-0.25, -0.2) is 4.79 Å². The first-order valence-corrected chi connectivity index (χ1v) is 5.73. The van der Waals surface area contributed by atoms with Crippen LogP contribution in [0, 0.1) is 14.9 Å². The van der Waals surface area contributed by atoms with Crippen molar-refractivity contribution in [2.24, 2.45) is 0 Å². The van der Waals surface area contributed by atoms with Crippen molar-refractivity contribution in [3.8, 4) is 6.07 Å². The molecule has 0 radical (unpaired) electrons. The Kier molecular flexibility index (Phi) is 4.42. The molecule has 0 spiro atoms. The number of hydrogen-bond donors (Lipinski definition) is 1. The zero-order valence-corrected chi connectivity index (χ0v) is 11.0. The number of thiol groups is 1. The van der Waals surface area contributed by atoms with E-state index < -0.39 is 0 Å². The number of benzene rings is 1. The molecule has 3 nitrogen and oxygen atoms in total. The summed E-state index contributed by atoms with van der Waals surface area (Å²) in [6.45, 7) is 2.08. The van der Waals surface area contributed by atoms with Gasteiger partial charge in [-0.2, -0.15) is 5.26 Å². The van der Waals surface area contributed by atoms with E-state index in [-0.39, 0.29) is 5.97 Å². The smallest absolute Gasteiger partial charge is 0.339 e. The third kappa shape index (κ3) is 2.63. The summed E-state index contributed by atoms with van der Waals surface area (Å²) in [5, 5.41) is 8.76. The molecule has 0 amide bonds. The molecule has 0 aromatic heterocycles. The second kappa shape index (κ2) is 5.37. The van der Waals surface area contributed by atoms with Gasteiger partial charge in [0.25, 0.3) is 0 Å². The van der Waals surface area contributed by atoms with Gasteiger partial charge < -0.3 is 4.74 Å². The number of carbonyl (C=O) groups excluding carboxylic acids is 1. The van der Waals surface area contributed by atoms with Crippen LogP contribution in [0.3, 0.4) is 0 Å². The SMILES string of the molecule is CCOC(=O)c1ccc(C#N)c(S)c1I. The van der Waals surface area contributed by atoms with E-state index in [0.29, 0.717) is 26.2 Å². The Hall–Kier alpha value is -0.740. The number of halogens is 1. The van der Waals surface area contributed by atoms with Gasteiger partial charge >= 0.3 is 5.97 Å². The molecule has 15 heavy (non-hydrogen) atoms. The highest BCUT2D eigenvalue weighted by atomic mass is 127. The van der Waals surface area contributed by atoms with Crippen LogP contribution in [0.5, 0.6) is 0 Å². The molecule has 0 atom stereocenters. The molecule has 78 valence electrons. The van der Waals surface area contributed by atoms with Gasteiger partial charge in [-0.15, -0.1) is 12.6 Å². The van der Waals surface area contributed by atoms with Gasteiger partial charge in [-0.1, -0.05) is 0 Å². The van der Waals surface area contributed by atoms with Crippen LogP contribution >= 0.6 is 35.2 Å². The molecule has 0 bridgehead atoms. The van der Waals surface area contributed by atoms with Crippen LogP contribution < -0.4 is 0 Å². The second-order valence-electron chi connectivity index (χ2n) is 2.66. The zero-order valence-electron chi connectivity index (χ0n) is 7.95. The number of rotatable bonds is 2. The highest BCUT2D eigenvalue weighted by Gasteiger charge is 2.15. The number of carbonyl (C=O) groups is 1. The Morgan fingerprint density at radius 1 is 1.67 bits per heavy atom. The highest BCUT2D eigenvalue weighted by molar-refractivity contribution is 14.1. The summed E-state index contributed by atoms with van der Waals surface area (Å²) in [5.74, 6) is -0.387. The molecule has 1 aromatic rings. The molecule has 0 N–H and O–H groups in total. The minimum absolute atomic E-state index is 0.330. The van der Waals surface area contributed by atoms with Crippen molar-refractivity contribution in [3.05, 3.63) is 26.8 Å². The number of esters is 1. The monoisotopic (exact) mass is 333 g/mol. The van der Waals surface area contributed by atoms with Crippen LogP contribution in [-0.2, 0) is 4.74 Å². The molecule has 0 saturated heterocycles. The van der Waals surface area contributed by atoms with E-state index in [0.717, 1.165) is 0 Å². The van der Waals surface area contributed by atoms with Crippen molar-refractivity contribution >= 4 is 41.2 Å². The Morgan fingerprint density at radius 3 is 2.87 bits per heavy atom. The largest absolute Gasteiger partial charge is 0.462 e. The van der Waals surface area contributed by atoms with E-state index >= 15 is 0 Å². The molecule has 5 heteroatoms. The average molecular weight is 333 g/mol. The van der Waals surface area contributed by atoms with Gasteiger partial charge in [0.1, 0.15) is 6.07 Å². The van der Waals surface area contributed by atoms with E-state index in [1.54, 1.807) is 19.1 Å². The van der Waals surface area contributed by atoms with Gasteiger partial charge in [-0.05, 0) is 41.6 Å². The lowest BCUT2D eigenvalue weighted by atomic mass is 10.1. The van der Waals surface area contributed by atoms with Crippen LogP contribution in [0.4, 0.5) is 0 Å². The highest BCUT2D eigenvalue weighted by Crippen LogP contribution is 2.24. The fourth-order valence-corrected chi connectivity index (χ4v) is 1.96. The molecular formula is C10H8INO2S. The molecule has 0 fully saturated rings. The zero-order chi connectivity index (χ0) is 11.4. The minimum atomic E-state index is -0.387. The molecular weight excluding hydrogens is 325 g/mol. The Labute approximate surface area is 107 Å². The third-order valence-electron chi connectivity index (χ3n) is 1.73. The lowest BCUT2D eigenvalue weighted by molar-refractivity contribution is 0.0524. The summed E-state index contributed by atoms with van der Waals surface area (Å²) >= 11 is 6.17. The van der Waals surface area contributed by atoms with Crippen molar-refractivity contribution in [1.29, 1.82) is 5.26 Å². The van der Waals surface area contributed by atoms with Crippen LogP contribution in [0.25, 0.3) is 0 Å². The molecule has 0 aliphatic rings. The molecule has 0 aliphatic heterocycles. The summed E-state index contributed by atoms with van der Waals surface area (Å²) in [5.41, 5.74) is 0.900. The Bertz CT molecular complexity index is 440. The van der Waals surface area contributed by atoms with Crippen molar-refractivity contribution in [1.82, 2.24) is 0 Å². The van der Waals surface area contributed by atoms with E-state index in [1.807, 2.05) is 28.7 Å². The van der Waals surface area contributed by atoms with Crippen molar-refractivity contribution in [2.75, 3.05) is 6.61 Å². The predicted molar refractivity (Wildman–Crippen MR) is 67.1 cm³/mol. The first-order chi connectivity index (χ1) is 7.11. The van der Waals surface area contributed by atoms with Gasteiger partial charge in [0.15, 0.2) is 0 Å². The van der Waals surface area contributed by atoms with Crippen molar-refractivity contribution in [2.45, 2.75) is 11.8 Å². The predicted octanol–water partition coefficient (Wildman–Crippen LogP) is 2.63. The fourth-order valence-electron chi connectivity index (χ4n) is 1.02. The number of nitriles is 1. The van der Waals surface area contributed by atoms with Crippen LogP contribution in [0.1, 0.15) is 22.8 Å². The third-order valence-corrected chi connectivity index (χ3v) is 3.74. The Balaban J connectivity index is 3.19. The summed E-state index contributed by atoms with van der Waals surface area (Å²) < 4.78 is 5.52. The lowest BCUT2D eigenvalue weighted by Gasteiger charge is -2.06. The van der Waals surface area contributed by atoms with E-state index in [4.69, 9.17) is 10.00 Å². The maximum atomic E-state index is 11.5. The fraction of sp³-hybridized carbons (Fsp3) is 0.200. The quantitative estimate of drug-likeness (QED) is 0.514. The van der Waals surface area contributed by atoms with E-state index in [1.165, 1.54) is 0 Å². The maximum Gasteiger partial charge on any atom is 0.339 e. The summed E-state index contributed by atoms with van der Waals surface area (Å²) in [7, 11) is 0. The van der Waals surface area contributed by atoms with E-state index in [9.17, 15) is 4.79 Å². The van der Waals surface area contributed by atoms with Gasteiger partial charge in [0, 0.05) is 8.47 Å². The summed E-state index contributed by atoms with van der Waals surface area (Å²) in [6, 6.07) is 5.15. The molecule has 1 aromatic carbocycles. The first kappa shape index (κ1) is 12.3. The van der Waals surface area contributed by atoms with Crippen LogP contribution in [-0.4, -0.2) is 12.6 Å². The normalized spacial score (nSPS) is 9.47. The average Bonchev–Trinajstić information content (AvgIpc) is 2.22. The molecule has 1 rings (SSSR count). The van der Waals surface area contributed by atoms with Crippen LogP contribution in [0.2, 0.25) is 0 Å². The Morgan fingerprint density at radius 2 is 2.33 bits per heavy atom. The van der Waals surface area contributed by atoms with Gasteiger partial charge in [-0.3, -0.25) is 0 Å². The molecule has 0 unspecified atom stereocenters. The van der Waals surface area contributed by atoms with Crippen molar-refractivity contribution < 1.29 is 9.53 Å². The molecule has 0 saturated carbocycles. The lowest BCUT2D eigenvalue weighted by Crippen LogP contribution is -2.07. The number of hydrogen-bond acceptors (Lipinski definition) is 4. The molecule has 0 aliphatic carbocycles. The van der Waals surface area contributed by atoms with Gasteiger partial charge in [0.05, 0.1) is 17.7 Å². The molecule has 0 heterocycles. The standard InChI is InChI=1S/C10H8INO2S/c1-2-14-10(13)7-4-3-6(5-12)9(15)8(7)11/h3-4,15H,2H2,1H3. The van der Waals surface area contributed by atoms with E-state index in [2.05, 4.69) is 12.6 Å². The maximum absolute atomic E-state index is 11.5. The topological polar surface area (TPSA) is 50.1 Å². The summed E-state index contributed by atoms with van der Waals surface area (Å²) in [4.78, 5) is 12.0.